The number of halogens is 1. The third-order valence-electron chi connectivity index (χ3n) is 4.47. The topological polar surface area (TPSA) is 103 Å². The van der Waals surface area contributed by atoms with Gasteiger partial charge in [0.2, 0.25) is 0 Å². The van der Waals surface area contributed by atoms with Crippen LogP contribution in [0.25, 0.3) is 5.82 Å². The standard InChI is InChI=1S/C22H21ClN4O4/c1-12-11-13(2)27(26-12)19-10-9-17(23)20(25-19)22(30)31-15(4)21(29)24-18-8-6-5-7-16(18)14(3)28/h5-11,15H,1-4H3,(H,24,29). The lowest BCUT2D eigenvalue weighted by Gasteiger charge is -2.15. The monoisotopic (exact) mass is 440 g/mol. The SMILES string of the molecule is CC(=O)c1ccccc1NC(=O)C(C)OC(=O)c1nc(-n2nc(C)cc2C)ccc1Cl. The second kappa shape index (κ2) is 9.09. The van der Waals surface area contributed by atoms with Gasteiger partial charge in [-0.25, -0.2) is 14.5 Å². The van der Waals surface area contributed by atoms with Crippen LogP contribution in [0, 0.1) is 13.8 Å². The quantitative estimate of drug-likeness (QED) is 0.460. The van der Waals surface area contributed by atoms with Crippen LogP contribution in [-0.4, -0.2) is 38.5 Å². The molecule has 0 aliphatic rings. The van der Waals surface area contributed by atoms with Crippen LogP contribution < -0.4 is 5.32 Å². The maximum absolute atomic E-state index is 12.6. The van der Waals surface area contributed by atoms with Crippen molar-refractivity contribution in [3.8, 4) is 5.82 Å². The minimum Gasteiger partial charge on any atom is -0.448 e. The molecule has 160 valence electrons. The molecule has 0 aliphatic carbocycles. The Kier molecular flexibility index (Phi) is 6.50. The number of aryl methyl sites for hydroxylation is 2. The summed E-state index contributed by atoms with van der Waals surface area (Å²) in [6, 6.07) is 11.6. The number of rotatable bonds is 6. The van der Waals surface area contributed by atoms with Gasteiger partial charge in [-0.05, 0) is 58.0 Å². The average molecular weight is 441 g/mol. The van der Waals surface area contributed by atoms with Gasteiger partial charge in [0.05, 0.1) is 16.4 Å². The van der Waals surface area contributed by atoms with Gasteiger partial charge in [-0.3, -0.25) is 9.59 Å². The lowest BCUT2D eigenvalue weighted by atomic mass is 10.1. The second-order valence-electron chi connectivity index (χ2n) is 6.98. The van der Waals surface area contributed by atoms with Crippen molar-refractivity contribution in [2.45, 2.75) is 33.8 Å². The predicted octanol–water partition coefficient (Wildman–Crippen LogP) is 3.92. The zero-order valence-electron chi connectivity index (χ0n) is 17.5. The van der Waals surface area contributed by atoms with Gasteiger partial charge in [-0.15, -0.1) is 0 Å². The van der Waals surface area contributed by atoms with Crippen molar-refractivity contribution >= 4 is 34.9 Å². The van der Waals surface area contributed by atoms with Crippen molar-refractivity contribution < 1.29 is 19.1 Å². The Balaban J connectivity index is 1.77. The molecule has 1 unspecified atom stereocenters. The Bertz CT molecular complexity index is 1170. The zero-order chi connectivity index (χ0) is 22.7. The van der Waals surface area contributed by atoms with E-state index in [1.54, 1.807) is 35.0 Å². The smallest absolute Gasteiger partial charge is 0.359 e. The van der Waals surface area contributed by atoms with Crippen LogP contribution in [-0.2, 0) is 9.53 Å². The normalized spacial score (nSPS) is 11.6. The number of aromatic nitrogens is 3. The van der Waals surface area contributed by atoms with Crippen LogP contribution in [0.3, 0.4) is 0 Å². The first-order valence-corrected chi connectivity index (χ1v) is 9.87. The van der Waals surface area contributed by atoms with E-state index in [1.165, 1.54) is 19.9 Å². The fraction of sp³-hybridized carbons (Fsp3) is 0.227. The number of nitrogens with one attached hydrogen (secondary N) is 1. The number of amides is 1. The minimum absolute atomic E-state index is 0.0878. The summed E-state index contributed by atoms with van der Waals surface area (Å²) in [6.45, 7) is 6.53. The second-order valence-corrected chi connectivity index (χ2v) is 7.38. The maximum Gasteiger partial charge on any atom is 0.359 e. The third-order valence-corrected chi connectivity index (χ3v) is 4.77. The van der Waals surface area contributed by atoms with Crippen LogP contribution in [0.1, 0.15) is 46.1 Å². The number of hydrogen-bond donors (Lipinski definition) is 1. The molecule has 1 N–H and O–H groups in total. The predicted molar refractivity (Wildman–Crippen MR) is 116 cm³/mol. The minimum atomic E-state index is -1.15. The number of anilines is 1. The van der Waals surface area contributed by atoms with Crippen molar-refractivity contribution in [3.05, 3.63) is 70.1 Å². The Hall–Kier alpha value is -3.52. The summed E-state index contributed by atoms with van der Waals surface area (Å²) in [5, 5.41) is 7.03. The van der Waals surface area contributed by atoms with E-state index < -0.39 is 18.0 Å². The molecule has 2 aromatic heterocycles. The van der Waals surface area contributed by atoms with Crippen LogP contribution >= 0.6 is 11.6 Å². The molecule has 0 bridgehead atoms. The lowest BCUT2D eigenvalue weighted by Crippen LogP contribution is -2.31. The molecule has 1 atom stereocenters. The molecule has 0 spiro atoms. The molecule has 0 saturated carbocycles. The number of carbonyl (C=O) groups is 3. The Morgan fingerprint density at radius 2 is 1.84 bits per heavy atom. The zero-order valence-corrected chi connectivity index (χ0v) is 18.2. The van der Waals surface area contributed by atoms with Gasteiger partial charge >= 0.3 is 5.97 Å². The molecule has 3 rings (SSSR count). The first kappa shape index (κ1) is 22.2. The first-order valence-electron chi connectivity index (χ1n) is 9.49. The molecular formula is C22H21ClN4O4. The summed E-state index contributed by atoms with van der Waals surface area (Å²) in [4.78, 5) is 41.1. The van der Waals surface area contributed by atoms with E-state index in [4.69, 9.17) is 16.3 Å². The fourth-order valence-electron chi connectivity index (χ4n) is 2.96. The van der Waals surface area contributed by atoms with E-state index in [2.05, 4.69) is 15.4 Å². The van der Waals surface area contributed by atoms with E-state index in [9.17, 15) is 14.4 Å². The number of ether oxygens (including phenoxy) is 1. The molecule has 0 radical (unpaired) electrons. The van der Waals surface area contributed by atoms with E-state index in [0.717, 1.165) is 11.4 Å². The van der Waals surface area contributed by atoms with Crippen LogP contribution in [0.2, 0.25) is 5.02 Å². The van der Waals surface area contributed by atoms with Crippen molar-refractivity contribution in [1.29, 1.82) is 0 Å². The van der Waals surface area contributed by atoms with Gasteiger partial charge in [0.15, 0.2) is 23.4 Å². The Morgan fingerprint density at radius 3 is 2.48 bits per heavy atom. The molecule has 8 nitrogen and oxygen atoms in total. The lowest BCUT2D eigenvalue weighted by molar-refractivity contribution is -0.123. The number of carbonyl (C=O) groups excluding carboxylic acids is 3. The summed E-state index contributed by atoms with van der Waals surface area (Å²) >= 11 is 6.14. The Morgan fingerprint density at radius 1 is 1.13 bits per heavy atom. The van der Waals surface area contributed by atoms with Gasteiger partial charge < -0.3 is 10.1 Å². The van der Waals surface area contributed by atoms with E-state index in [1.807, 2.05) is 19.9 Å². The molecule has 3 aromatic rings. The maximum atomic E-state index is 12.6. The molecule has 31 heavy (non-hydrogen) atoms. The van der Waals surface area contributed by atoms with E-state index in [-0.39, 0.29) is 16.5 Å². The summed E-state index contributed by atoms with van der Waals surface area (Å²) in [7, 11) is 0. The van der Waals surface area contributed by atoms with Crippen molar-refractivity contribution in [2.24, 2.45) is 0 Å². The summed E-state index contributed by atoms with van der Waals surface area (Å²) in [5.41, 5.74) is 2.20. The first-order chi connectivity index (χ1) is 14.7. The van der Waals surface area contributed by atoms with Crippen LogP contribution in [0.5, 0.6) is 0 Å². The van der Waals surface area contributed by atoms with Gasteiger partial charge in [0, 0.05) is 11.3 Å². The highest BCUT2D eigenvalue weighted by molar-refractivity contribution is 6.33. The van der Waals surface area contributed by atoms with Crippen LogP contribution in [0.15, 0.2) is 42.5 Å². The number of Topliss-reactive ketones (excluding diaryl/α,β-unsaturated/α-hetero) is 1. The Labute approximate surface area is 184 Å². The number of ketones is 1. The summed E-state index contributed by atoms with van der Waals surface area (Å²) < 4.78 is 6.85. The summed E-state index contributed by atoms with van der Waals surface area (Å²) in [6.07, 6.45) is -1.15. The van der Waals surface area contributed by atoms with Crippen molar-refractivity contribution in [2.75, 3.05) is 5.32 Å². The average Bonchev–Trinajstić information content (AvgIpc) is 3.06. The molecule has 1 aromatic carbocycles. The van der Waals surface area contributed by atoms with E-state index in [0.29, 0.717) is 17.1 Å². The molecular weight excluding hydrogens is 420 g/mol. The number of benzene rings is 1. The molecule has 0 saturated heterocycles. The van der Waals surface area contributed by atoms with Gasteiger partial charge in [0.25, 0.3) is 5.91 Å². The number of pyridine rings is 1. The molecule has 0 fully saturated rings. The highest BCUT2D eigenvalue weighted by Gasteiger charge is 2.23. The van der Waals surface area contributed by atoms with Crippen LogP contribution in [0.4, 0.5) is 5.69 Å². The molecule has 1 amide bonds. The van der Waals surface area contributed by atoms with E-state index >= 15 is 0 Å². The van der Waals surface area contributed by atoms with Crippen molar-refractivity contribution in [3.63, 3.8) is 0 Å². The van der Waals surface area contributed by atoms with Gasteiger partial charge in [-0.1, -0.05) is 23.7 Å². The highest BCUT2D eigenvalue weighted by Crippen LogP contribution is 2.20. The largest absolute Gasteiger partial charge is 0.448 e. The molecule has 9 heteroatoms. The highest BCUT2D eigenvalue weighted by atomic mass is 35.5. The number of para-hydroxylation sites is 1. The molecule has 2 heterocycles. The number of esters is 1. The number of nitrogens with zero attached hydrogens (tertiary/aromatic N) is 3. The number of hydrogen-bond acceptors (Lipinski definition) is 6. The molecule has 0 aliphatic heterocycles. The van der Waals surface area contributed by atoms with Gasteiger partial charge in [0.1, 0.15) is 0 Å². The van der Waals surface area contributed by atoms with Gasteiger partial charge in [-0.2, -0.15) is 5.10 Å². The van der Waals surface area contributed by atoms with Crippen molar-refractivity contribution in [1.82, 2.24) is 14.8 Å². The third kappa shape index (κ3) is 4.97. The summed E-state index contributed by atoms with van der Waals surface area (Å²) in [5.74, 6) is -1.24. The fourth-order valence-corrected chi connectivity index (χ4v) is 3.14.